The molecule has 1 fully saturated rings. The van der Waals surface area contributed by atoms with Gasteiger partial charge in [-0.2, -0.15) is 4.31 Å². The maximum absolute atomic E-state index is 13.0. The fraction of sp³-hybridized carbons (Fsp3) is 0.235. The minimum atomic E-state index is -3.58. The lowest BCUT2D eigenvalue weighted by Crippen LogP contribution is -2.30. The number of hydrogen-bond acceptors (Lipinski definition) is 4. The summed E-state index contributed by atoms with van der Waals surface area (Å²) in [6.07, 6.45) is 1.63. The van der Waals surface area contributed by atoms with Crippen molar-refractivity contribution in [3.05, 3.63) is 58.6 Å². The van der Waals surface area contributed by atoms with Crippen LogP contribution in [0.4, 0.5) is 0 Å². The molecule has 0 spiro atoms. The summed E-state index contributed by atoms with van der Waals surface area (Å²) in [7, 11) is -3.58. The van der Waals surface area contributed by atoms with Crippen LogP contribution in [0.5, 0.6) is 0 Å². The Bertz CT molecular complexity index is 968. The number of rotatable bonds is 3. The highest BCUT2D eigenvalue weighted by molar-refractivity contribution is 7.89. The first kappa shape index (κ1) is 16.0. The second kappa shape index (κ2) is 6.11. The zero-order valence-electron chi connectivity index (χ0n) is 12.7. The summed E-state index contributed by atoms with van der Waals surface area (Å²) in [6, 6.07) is 14.1. The van der Waals surface area contributed by atoms with E-state index < -0.39 is 10.0 Å². The highest BCUT2D eigenvalue weighted by Crippen LogP contribution is 2.39. The van der Waals surface area contributed by atoms with Gasteiger partial charge >= 0.3 is 0 Å². The van der Waals surface area contributed by atoms with Crippen molar-refractivity contribution in [1.82, 2.24) is 9.29 Å². The first-order chi connectivity index (χ1) is 11.6. The van der Waals surface area contributed by atoms with Crippen molar-refractivity contribution in [2.75, 3.05) is 6.54 Å². The van der Waals surface area contributed by atoms with Crippen LogP contribution in [0.2, 0.25) is 5.02 Å². The van der Waals surface area contributed by atoms with Gasteiger partial charge in [-0.1, -0.05) is 29.8 Å². The summed E-state index contributed by atoms with van der Waals surface area (Å²) in [5.74, 6) is 0. The SMILES string of the molecule is O=S(=O)(c1cccc(Cl)c1)N1CCCC1c1nc2ccccc2s1. The molecule has 2 aromatic carbocycles. The Balaban J connectivity index is 1.74. The molecule has 1 saturated heterocycles. The van der Waals surface area contributed by atoms with Crippen LogP contribution in [-0.4, -0.2) is 24.3 Å². The van der Waals surface area contributed by atoms with E-state index in [1.807, 2.05) is 24.3 Å². The molecule has 0 radical (unpaired) electrons. The van der Waals surface area contributed by atoms with Crippen molar-refractivity contribution >= 4 is 43.2 Å². The number of fused-ring (bicyclic) bond motifs is 1. The summed E-state index contributed by atoms with van der Waals surface area (Å²) < 4.78 is 28.7. The van der Waals surface area contributed by atoms with Gasteiger partial charge in [-0.3, -0.25) is 0 Å². The van der Waals surface area contributed by atoms with Gasteiger partial charge in [0.2, 0.25) is 10.0 Å². The van der Waals surface area contributed by atoms with Crippen LogP contribution >= 0.6 is 22.9 Å². The highest BCUT2D eigenvalue weighted by Gasteiger charge is 2.37. The van der Waals surface area contributed by atoms with E-state index in [2.05, 4.69) is 4.98 Å². The molecular weight excluding hydrogens is 364 g/mol. The number of benzene rings is 2. The lowest BCUT2D eigenvalue weighted by Gasteiger charge is -2.22. The van der Waals surface area contributed by atoms with Crippen molar-refractivity contribution in [2.24, 2.45) is 0 Å². The van der Waals surface area contributed by atoms with Gasteiger partial charge in [0.1, 0.15) is 5.01 Å². The molecule has 1 aromatic heterocycles. The van der Waals surface area contributed by atoms with Crippen LogP contribution in [0.25, 0.3) is 10.2 Å². The maximum atomic E-state index is 13.0. The molecule has 3 aromatic rings. The van der Waals surface area contributed by atoms with Crippen molar-refractivity contribution < 1.29 is 8.42 Å². The summed E-state index contributed by atoms with van der Waals surface area (Å²) >= 11 is 7.54. The topological polar surface area (TPSA) is 50.3 Å². The van der Waals surface area contributed by atoms with Gasteiger partial charge in [-0.25, -0.2) is 13.4 Å². The van der Waals surface area contributed by atoms with Crippen molar-refractivity contribution in [3.63, 3.8) is 0 Å². The molecule has 24 heavy (non-hydrogen) atoms. The Morgan fingerprint density at radius 2 is 2.00 bits per heavy atom. The van der Waals surface area contributed by atoms with E-state index in [9.17, 15) is 8.42 Å². The van der Waals surface area contributed by atoms with Crippen molar-refractivity contribution in [3.8, 4) is 0 Å². The van der Waals surface area contributed by atoms with Gasteiger partial charge in [-0.15, -0.1) is 11.3 Å². The lowest BCUT2D eigenvalue weighted by molar-refractivity contribution is 0.396. The van der Waals surface area contributed by atoms with E-state index in [0.717, 1.165) is 28.1 Å². The summed E-state index contributed by atoms with van der Waals surface area (Å²) in [4.78, 5) is 4.89. The van der Waals surface area contributed by atoms with Gasteiger partial charge in [0, 0.05) is 11.6 Å². The second-order valence-electron chi connectivity index (χ2n) is 5.75. The van der Waals surface area contributed by atoms with Crippen molar-refractivity contribution in [2.45, 2.75) is 23.8 Å². The van der Waals surface area contributed by atoms with Gasteiger partial charge in [0.25, 0.3) is 0 Å². The molecule has 1 aliphatic rings. The van der Waals surface area contributed by atoms with Gasteiger partial charge in [-0.05, 0) is 43.2 Å². The monoisotopic (exact) mass is 378 g/mol. The standard InChI is InChI=1S/C17H15ClN2O2S2/c18-12-5-3-6-13(11-12)24(21,22)20-10-4-8-15(20)17-19-14-7-1-2-9-16(14)23-17/h1-3,5-7,9,11,15H,4,8,10H2. The van der Waals surface area contributed by atoms with Crippen LogP contribution < -0.4 is 0 Å². The molecule has 2 heterocycles. The zero-order valence-corrected chi connectivity index (χ0v) is 15.1. The smallest absolute Gasteiger partial charge is 0.239 e. The molecule has 0 N–H and O–H groups in total. The summed E-state index contributed by atoms with van der Waals surface area (Å²) in [5, 5.41) is 1.28. The highest BCUT2D eigenvalue weighted by atomic mass is 35.5. The van der Waals surface area contributed by atoms with E-state index in [1.165, 1.54) is 6.07 Å². The van der Waals surface area contributed by atoms with E-state index in [0.29, 0.717) is 11.6 Å². The van der Waals surface area contributed by atoms with Gasteiger partial charge in [0.15, 0.2) is 0 Å². The molecular formula is C17H15ClN2O2S2. The molecule has 4 nitrogen and oxygen atoms in total. The van der Waals surface area contributed by atoms with Crippen LogP contribution in [0.1, 0.15) is 23.9 Å². The molecule has 1 unspecified atom stereocenters. The third-order valence-corrected chi connectivity index (χ3v) is 7.48. The summed E-state index contributed by atoms with van der Waals surface area (Å²) in [5.41, 5.74) is 0.921. The molecule has 1 aliphatic heterocycles. The average molecular weight is 379 g/mol. The van der Waals surface area contributed by atoms with E-state index in [4.69, 9.17) is 11.6 Å². The maximum Gasteiger partial charge on any atom is 0.243 e. The largest absolute Gasteiger partial charge is 0.243 e. The Kier molecular flexibility index (Phi) is 4.08. The average Bonchev–Trinajstić information content (AvgIpc) is 3.21. The molecule has 0 aliphatic carbocycles. The third-order valence-electron chi connectivity index (χ3n) is 4.20. The zero-order chi connectivity index (χ0) is 16.7. The molecule has 4 rings (SSSR count). The number of nitrogens with zero attached hydrogens (tertiary/aromatic N) is 2. The Morgan fingerprint density at radius 3 is 2.79 bits per heavy atom. The summed E-state index contributed by atoms with van der Waals surface area (Å²) in [6.45, 7) is 0.509. The van der Waals surface area contributed by atoms with Gasteiger partial charge in [0.05, 0.1) is 21.2 Å². The molecule has 0 saturated carbocycles. The van der Waals surface area contributed by atoms with E-state index >= 15 is 0 Å². The molecule has 1 atom stereocenters. The lowest BCUT2D eigenvalue weighted by atomic mass is 10.2. The third kappa shape index (κ3) is 2.73. The number of thiazole rings is 1. The number of halogens is 1. The predicted octanol–water partition coefficient (Wildman–Crippen LogP) is 4.48. The Hall–Kier alpha value is -1.47. The second-order valence-corrected chi connectivity index (χ2v) is 9.14. The quantitative estimate of drug-likeness (QED) is 0.675. The van der Waals surface area contributed by atoms with Crippen LogP contribution in [0, 0.1) is 0 Å². The first-order valence-electron chi connectivity index (χ1n) is 7.68. The van der Waals surface area contributed by atoms with Crippen LogP contribution in [-0.2, 0) is 10.0 Å². The van der Waals surface area contributed by atoms with Crippen LogP contribution in [0.15, 0.2) is 53.4 Å². The molecule has 0 bridgehead atoms. The van der Waals surface area contributed by atoms with Crippen LogP contribution in [0.3, 0.4) is 0 Å². The number of para-hydroxylation sites is 1. The van der Waals surface area contributed by atoms with Gasteiger partial charge < -0.3 is 0 Å². The van der Waals surface area contributed by atoms with E-state index in [1.54, 1.807) is 33.8 Å². The fourth-order valence-corrected chi connectivity index (χ4v) is 6.21. The number of aromatic nitrogens is 1. The molecule has 124 valence electrons. The first-order valence-corrected chi connectivity index (χ1v) is 10.3. The van der Waals surface area contributed by atoms with Crippen molar-refractivity contribution in [1.29, 1.82) is 0 Å². The molecule has 7 heteroatoms. The fourth-order valence-electron chi connectivity index (χ4n) is 3.07. The number of sulfonamides is 1. The Labute approximate surface area is 149 Å². The Morgan fingerprint density at radius 1 is 1.17 bits per heavy atom. The number of hydrogen-bond donors (Lipinski definition) is 0. The minimum Gasteiger partial charge on any atom is -0.239 e. The minimum absolute atomic E-state index is 0.202. The predicted molar refractivity (Wildman–Crippen MR) is 96.9 cm³/mol. The molecule has 0 amide bonds. The van der Waals surface area contributed by atoms with E-state index in [-0.39, 0.29) is 10.9 Å². The normalized spacial score (nSPS) is 19.1.